The standard InChI is InChI=1S/C11H16BrNOS/c1-11(2,3)6-10(14)13-7-9-8(12)4-5-15-9/h4-5H,6-7H2,1-3H3,(H,13,14). The number of carbonyl (C=O) groups is 1. The van der Waals surface area contributed by atoms with E-state index < -0.39 is 0 Å². The molecule has 2 nitrogen and oxygen atoms in total. The Labute approximate surface area is 103 Å². The average molecular weight is 290 g/mol. The Hall–Kier alpha value is -0.350. The van der Waals surface area contributed by atoms with Crippen molar-refractivity contribution < 1.29 is 4.79 Å². The molecular formula is C11H16BrNOS. The molecule has 4 heteroatoms. The molecule has 1 N–H and O–H groups in total. The molecule has 0 aliphatic heterocycles. The minimum absolute atomic E-state index is 0.0523. The highest BCUT2D eigenvalue weighted by molar-refractivity contribution is 9.10. The molecule has 0 aliphatic carbocycles. The predicted octanol–water partition coefficient (Wildman–Crippen LogP) is 3.56. The molecular weight excluding hydrogens is 274 g/mol. The van der Waals surface area contributed by atoms with Crippen LogP contribution >= 0.6 is 27.3 Å². The summed E-state index contributed by atoms with van der Waals surface area (Å²) in [4.78, 5) is 12.7. The number of hydrogen-bond acceptors (Lipinski definition) is 2. The molecule has 0 spiro atoms. The van der Waals surface area contributed by atoms with Crippen LogP contribution in [-0.2, 0) is 11.3 Å². The van der Waals surface area contributed by atoms with Crippen molar-refractivity contribution >= 4 is 33.2 Å². The van der Waals surface area contributed by atoms with E-state index >= 15 is 0 Å². The lowest BCUT2D eigenvalue weighted by Gasteiger charge is -2.17. The van der Waals surface area contributed by atoms with Crippen LogP contribution in [0.15, 0.2) is 15.9 Å². The number of rotatable bonds is 3. The molecule has 1 aromatic heterocycles. The molecule has 0 atom stereocenters. The smallest absolute Gasteiger partial charge is 0.220 e. The Balaban J connectivity index is 2.38. The first-order chi connectivity index (χ1) is 6.88. The van der Waals surface area contributed by atoms with Gasteiger partial charge in [-0.05, 0) is 32.8 Å². The summed E-state index contributed by atoms with van der Waals surface area (Å²) in [6, 6.07) is 2.00. The molecule has 1 aromatic rings. The molecule has 0 aromatic carbocycles. The zero-order valence-corrected chi connectivity index (χ0v) is 11.7. The van der Waals surface area contributed by atoms with Gasteiger partial charge in [0.2, 0.25) is 5.91 Å². The molecule has 0 saturated heterocycles. The highest BCUT2D eigenvalue weighted by Gasteiger charge is 2.15. The summed E-state index contributed by atoms with van der Waals surface area (Å²) in [7, 11) is 0. The van der Waals surface area contributed by atoms with Crippen LogP contribution in [0.5, 0.6) is 0 Å². The van der Waals surface area contributed by atoms with Gasteiger partial charge in [0.15, 0.2) is 0 Å². The second kappa shape index (κ2) is 5.12. The lowest BCUT2D eigenvalue weighted by Crippen LogP contribution is -2.26. The van der Waals surface area contributed by atoms with Crippen LogP contribution in [0.1, 0.15) is 32.1 Å². The summed E-state index contributed by atoms with van der Waals surface area (Å²) in [6.45, 7) is 6.81. The van der Waals surface area contributed by atoms with Gasteiger partial charge in [-0.15, -0.1) is 11.3 Å². The van der Waals surface area contributed by atoms with Crippen molar-refractivity contribution in [3.8, 4) is 0 Å². The predicted molar refractivity (Wildman–Crippen MR) is 67.9 cm³/mol. The zero-order valence-electron chi connectivity index (χ0n) is 9.26. The van der Waals surface area contributed by atoms with Crippen LogP contribution in [0.4, 0.5) is 0 Å². The number of thiophene rings is 1. The average Bonchev–Trinajstić information content (AvgIpc) is 2.44. The van der Waals surface area contributed by atoms with Crippen molar-refractivity contribution in [2.24, 2.45) is 5.41 Å². The van der Waals surface area contributed by atoms with Crippen molar-refractivity contribution in [3.05, 3.63) is 20.8 Å². The van der Waals surface area contributed by atoms with Crippen LogP contribution in [0.3, 0.4) is 0 Å². The van der Waals surface area contributed by atoms with Crippen LogP contribution in [0.25, 0.3) is 0 Å². The minimum Gasteiger partial charge on any atom is -0.351 e. The third-order valence-electron chi connectivity index (χ3n) is 1.83. The zero-order chi connectivity index (χ0) is 11.5. The molecule has 1 amide bonds. The molecule has 1 rings (SSSR count). The van der Waals surface area contributed by atoms with Crippen molar-refractivity contribution in [1.29, 1.82) is 0 Å². The molecule has 15 heavy (non-hydrogen) atoms. The van der Waals surface area contributed by atoms with Gasteiger partial charge in [-0.1, -0.05) is 20.8 Å². The van der Waals surface area contributed by atoms with E-state index in [0.717, 1.165) is 9.35 Å². The van der Waals surface area contributed by atoms with Gasteiger partial charge in [-0.3, -0.25) is 4.79 Å². The fourth-order valence-electron chi connectivity index (χ4n) is 1.17. The molecule has 0 radical (unpaired) electrons. The monoisotopic (exact) mass is 289 g/mol. The van der Waals surface area contributed by atoms with Gasteiger partial charge < -0.3 is 5.32 Å². The van der Waals surface area contributed by atoms with Crippen molar-refractivity contribution in [1.82, 2.24) is 5.32 Å². The number of amides is 1. The number of hydrogen-bond donors (Lipinski definition) is 1. The maximum atomic E-state index is 11.5. The third-order valence-corrected chi connectivity index (χ3v) is 3.75. The molecule has 84 valence electrons. The normalized spacial score (nSPS) is 11.5. The molecule has 0 bridgehead atoms. The first-order valence-electron chi connectivity index (χ1n) is 4.87. The van der Waals surface area contributed by atoms with E-state index in [1.54, 1.807) is 11.3 Å². The van der Waals surface area contributed by atoms with E-state index in [2.05, 4.69) is 42.0 Å². The first kappa shape index (κ1) is 12.7. The van der Waals surface area contributed by atoms with E-state index in [1.807, 2.05) is 11.4 Å². The fourth-order valence-corrected chi connectivity index (χ4v) is 2.61. The number of halogens is 1. The topological polar surface area (TPSA) is 29.1 Å². The van der Waals surface area contributed by atoms with Gasteiger partial charge in [-0.25, -0.2) is 0 Å². The Kier molecular flexibility index (Phi) is 4.34. The summed E-state index contributed by atoms with van der Waals surface area (Å²) in [5, 5.41) is 4.93. The lowest BCUT2D eigenvalue weighted by molar-refractivity contribution is -0.122. The van der Waals surface area contributed by atoms with Gasteiger partial charge in [0, 0.05) is 15.8 Å². The number of carbonyl (C=O) groups excluding carboxylic acids is 1. The van der Waals surface area contributed by atoms with E-state index in [9.17, 15) is 4.79 Å². The molecule has 1 heterocycles. The quantitative estimate of drug-likeness (QED) is 0.906. The van der Waals surface area contributed by atoms with Crippen LogP contribution in [0.2, 0.25) is 0 Å². The maximum Gasteiger partial charge on any atom is 0.220 e. The summed E-state index contributed by atoms with van der Waals surface area (Å²) in [6.07, 6.45) is 0.565. The lowest BCUT2D eigenvalue weighted by atomic mass is 9.92. The Morgan fingerprint density at radius 2 is 2.20 bits per heavy atom. The van der Waals surface area contributed by atoms with E-state index in [1.165, 1.54) is 0 Å². The van der Waals surface area contributed by atoms with Crippen LogP contribution < -0.4 is 5.32 Å². The van der Waals surface area contributed by atoms with Gasteiger partial charge in [-0.2, -0.15) is 0 Å². The number of nitrogens with one attached hydrogen (secondary N) is 1. The molecule has 0 fully saturated rings. The van der Waals surface area contributed by atoms with E-state index in [-0.39, 0.29) is 11.3 Å². The SMILES string of the molecule is CC(C)(C)CC(=O)NCc1sccc1Br. The highest BCUT2D eigenvalue weighted by atomic mass is 79.9. The molecule has 0 unspecified atom stereocenters. The summed E-state index contributed by atoms with van der Waals surface area (Å²) >= 11 is 5.08. The summed E-state index contributed by atoms with van der Waals surface area (Å²) in [5.41, 5.74) is 0.0523. The first-order valence-corrected chi connectivity index (χ1v) is 6.54. The Morgan fingerprint density at radius 3 is 2.67 bits per heavy atom. The van der Waals surface area contributed by atoms with Crippen LogP contribution in [0, 0.1) is 5.41 Å². The molecule has 0 saturated carbocycles. The fraction of sp³-hybridized carbons (Fsp3) is 0.545. The Bertz CT molecular complexity index is 341. The largest absolute Gasteiger partial charge is 0.351 e. The van der Waals surface area contributed by atoms with Gasteiger partial charge in [0.25, 0.3) is 0 Å². The van der Waals surface area contributed by atoms with Gasteiger partial charge in [0.1, 0.15) is 0 Å². The van der Waals surface area contributed by atoms with Crippen LogP contribution in [-0.4, -0.2) is 5.91 Å². The van der Waals surface area contributed by atoms with Gasteiger partial charge in [0.05, 0.1) is 6.54 Å². The van der Waals surface area contributed by atoms with Crippen molar-refractivity contribution in [3.63, 3.8) is 0 Å². The maximum absolute atomic E-state index is 11.5. The van der Waals surface area contributed by atoms with E-state index in [0.29, 0.717) is 13.0 Å². The highest BCUT2D eigenvalue weighted by Crippen LogP contribution is 2.22. The summed E-state index contributed by atoms with van der Waals surface area (Å²) < 4.78 is 1.07. The van der Waals surface area contributed by atoms with Crippen molar-refractivity contribution in [2.75, 3.05) is 0 Å². The Morgan fingerprint density at radius 1 is 1.53 bits per heavy atom. The second-order valence-corrected chi connectivity index (χ2v) is 6.56. The second-order valence-electron chi connectivity index (χ2n) is 4.71. The minimum atomic E-state index is 0.0523. The third kappa shape index (κ3) is 4.80. The summed E-state index contributed by atoms with van der Waals surface area (Å²) in [5.74, 6) is 0.114. The van der Waals surface area contributed by atoms with E-state index in [4.69, 9.17) is 0 Å². The molecule has 0 aliphatic rings. The van der Waals surface area contributed by atoms with Gasteiger partial charge >= 0.3 is 0 Å². The van der Waals surface area contributed by atoms with Crippen molar-refractivity contribution in [2.45, 2.75) is 33.7 Å².